The van der Waals surface area contributed by atoms with Crippen molar-refractivity contribution in [2.75, 3.05) is 6.61 Å². The number of hydrogen-bond donors (Lipinski definition) is 2. The molecule has 0 spiro atoms. The molecule has 4 heteroatoms. The predicted octanol–water partition coefficient (Wildman–Crippen LogP) is 2.90. The molecule has 1 aromatic rings. The van der Waals surface area contributed by atoms with E-state index in [2.05, 4.69) is 5.32 Å². The van der Waals surface area contributed by atoms with Crippen molar-refractivity contribution >= 4 is 12.0 Å². The molecule has 0 saturated heterocycles. The third-order valence-corrected chi connectivity index (χ3v) is 4.24. The Hall–Kier alpha value is -1.68. The van der Waals surface area contributed by atoms with Crippen LogP contribution in [0.15, 0.2) is 30.3 Å². The molecule has 0 heterocycles. The Labute approximate surface area is 124 Å². The zero-order valence-corrected chi connectivity index (χ0v) is 12.3. The van der Waals surface area contributed by atoms with Crippen LogP contribution in [-0.2, 0) is 4.79 Å². The zero-order chi connectivity index (χ0) is 15.3. The number of aliphatic hydroxyl groups is 1. The maximum Gasteiger partial charge on any atom is 0.224 e. The number of rotatable bonds is 5. The molecule has 2 atom stereocenters. The largest absolute Gasteiger partial charge is 0.396 e. The Morgan fingerprint density at radius 3 is 3.10 bits per heavy atom. The van der Waals surface area contributed by atoms with Crippen LogP contribution < -0.4 is 5.32 Å². The van der Waals surface area contributed by atoms with Gasteiger partial charge in [0.15, 0.2) is 0 Å². The van der Waals surface area contributed by atoms with Crippen molar-refractivity contribution in [3.8, 4) is 0 Å². The van der Waals surface area contributed by atoms with Gasteiger partial charge in [0.25, 0.3) is 0 Å². The molecular weight excluding hydrogens is 269 g/mol. The SMILES string of the molecule is CC1(CO)CCCC1NC(=O)C/C=C/c1cccc(F)c1. The molecular formula is C17H22FNO2. The highest BCUT2D eigenvalue weighted by Crippen LogP contribution is 2.37. The first-order chi connectivity index (χ1) is 10.0. The summed E-state index contributed by atoms with van der Waals surface area (Å²) >= 11 is 0. The van der Waals surface area contributed by atoms with Crippen molar-refractivity contribution in [2.45, 2.75) is 38.6 Å². The number of carbonyl (C=O) groups excluding carboxylic acids is 1. The summed E-state index contributed by atoms with van der Waals surface area (Å²) < 4.78 is 13.0. The lowest BCUT2D eigenvalue weighted by Crippen LogP contribution is -2.44. The standard InChI is InChI=1S/C17H22FNO2/c1-17(12-20)10-4-8-15(17)19-16(21)9-3-6-13-5-2-7-14(18)11-13/h2-3,5-7,11,15,20H,4,8-10,12H2,1H3,(H,19,21)/b6-3+. The van der Waals surface area contributed by atoms with E-state index in [1.807, 2.05) is 6.92 Å². The summed E-state index contributed by atoms with van der Waals surface area (Å²) in [4.78, 5) is 11.9. The maximum absolute atomic E-state index is 13.0. The first kappa shape index (κ1) is 15.7. The van der Waals surface area contributed by atoms with E-state index < -0.39 is 0 Å². The van der Waals surface area contributed by atoms with Crippen LogP contribution in [0.3, 0.4) is 0 Å². The quantitative estimate of drug-likeness (QED) is 0.876. The molecule has 1 fully saturated rings. The minimum atomic E-state index is -0.286. The van der Waals surface area contributed by atoms with Crippen LogP contribution in [0.2, 0.25) is 0 Å². The lowest BCUT2D eigenvalue weighted by atomic mass is 9.86. The van der Waals surface area contributed by atoms with Crippen molar-refractivity contribution in [3.05, 3.63) is 41.7 Å². The van der Waals surface area contributed by atoms with Crippen molar-refractivity contribution in [2.24, 2.45) is 5.41 Å². The zero-order valence-electron chi connectivity index (χ0n) is 12.3. The Balaban J connectivity index is 1.85. The second kappa shape index (κ2) is 6.85. The third-order valence-electron chi connectivity index (χ3n) is 4.24. The summed E-state index contributed by atoms with van der Waals surface area (Å²) in [5.74, 6) is -0.347. The van der Waals surface area contributed by atoms with Gasteiger partial charge in [0.2, 0.25) is 5.91 Å². The molecule has 1 saturated carbocycles. The highest BCUT2D eigenvalue weighted by Gasteiger charge is 2.38. The van der Waals surface area contributed by atoms with Crippen molar-refractivity contribution in [1.29, 1.82) is 0 Å². The Morgan fingerprint density at radius 1 is 1.57 bits per heavy atom. The summed E-state index contributed by atoms with van der Waals surface area (Å²) in [5, 5.41) is 12.5. The lowest BCUT2D eigenvalue weighted by Gasteiger charge is -2.29. The number of amides is 1. The molecule has 21 heavy (non-hydrogen) atoms. The van der Waals surface area contributed by atoms with E-state index in [0.29, 0.717) is 0 Å². The minimum absolute atomic E-state index is 0.0394. The summed E-state index contributed by atoms with van der Waals surface area (Å²) in [5.41, 5.74) is 0.533. The van der Waals surface area contributed by atoms with Gasteiger partial charge in [-0.1, -0.05) is 37.6 Å². The first-order valence-electron chi connectivity index (χ1n) is 7.36. The summed E-state index contributed by atoms with van der Waals surface area (Å²) in [6.45, 7) is 2.10. The molecule has 1 aliphatic carbocycles. The monoisotopic (exact) mass is 291 g/mol. The fraction of sp³-hybridized carbons (Fsp3) is 0.471. The van der Waals surface area contributed by atoms with Crippen molar-refractivity contribution in [1.82, 2.24) is 5.32 Å². The van der Waals surface area contributed by atoms with Crippen LogP contribution in [0.4, 0.5) is 4.39 Å². The molecule has 2 unspecified atom stereocenters. The van der Waals surface area contributed by atoms with Gasteiger partial charge in [-0.15, -0.1) is 0 Å². The number of benzene rings is 1. The molecule has 1 amide bonds. The summed E-state index contributed by atoms with van der Waals surface area (Å²) in [7, 11) is 0. The van der Waals surface area contributed by atoms with Crippen LogP contribution in [0.5, 0.6) is 0 Å². The van der Waals surface area contributed by atoms with Crippen LogP contribution in [-0.4, -0.2) is 23.7 Å². The van der Waals surface area contributed by atoms with Crippen LogP contribution in [0.1, 0.15) is 38.2 Å². The molecule has 3 nitrogen and oxygen atoms in total. The average Bonchev–Trinajstić information content (AvgIpc) is 2.81. The predicted molar refractivity (Wildman–Crippen MR) is 81.0 cm³/mol. The lowest BCUT2D eigenvalue weighted by molar-refractivity contribution is -0.121. The van der Waals surface area contributed by atoms with Gasteiger partial charge in [-0.25, -0.2) is 4.39 Å². The maximum atomic E-state index is 13.0. The smallest absolute Gasteiger partial charge is 0.224 e. The topological polar surface area (TPSA) is 49.3 Å². The molecule has 0 aliphatic heterocycles. The number of carbonyl (C=O) groups is 1. The fourth-order valence-electron chi connectivity index (χ4n) is 2.83. The number of hydrogen-bond acceptors (Lipinski definition) is 2. The molecule has 0 radical (unpaired) electrons. The Kier molecular flexibility index (Phi) is 5.12. The molecule has 0 aromatic heterocycles. The van der Waals surface area contributed by atoms with Crippen molar-refractivity contribution in [3.63, 3.8) is 0 Å². The number of aliphatic hydroxyl groups excluding tert-OH is 1. The second-order valence-corrected chi connectivity index (χ2v) is 5.99. The van der Waals surface area contributed by atoms with E-state index in [0.717, 1.165) is 24.8 Å². The minimum Gasteiger partial charge on any atom is -0.396 e. The highest BCUT2D eigenvalue weighted by molar-refractivity contribution is 5.79. The number of halogens is 1. The van der Waals surface area contributed by atoms with E-state index >= 15 is 0 Å². The molecule has 114 valence electrons. The van der Waals surface area contributed by atoms with Gasteiger partial charge >= 0.3 is 0 Å². The van der Waals surface area contributed by atoms with Crippen LogP contribution >= 0.6 is 0 Å². The normalized spacial score (nSPS) is 25.4. The Morgan fingerprint density at radius 2 is 2.38 bits per heavy atom. The summed E-state index contributed by atoms with van der Waals surface area (Å²) in [6.07, 6.45) is 6.61. The molecule has 1 aromatic carbocycles. The van der Waals surface area contributed by atoms with Gasteiger partial charge in [-0.2, -0.15) is 0 Å². The molecule has 0 bridgehead atoms. The molecule has 2 rings (SSSR count). The van der Waals surface area contributed by atoms with Gasteiger partial charge in [0.1, 0.15) is 5.82 Å². The Bertz CT molecular complexity index is 529. The van der Waals surface area contributed by atoms with Gasteiger partial charge in [-0.3, -0.25) is 4.79 Å². The van der Waals surface area contributed by atoms with Crippen molar-refractivity contribution < 1.29 is 14.3 Å². The van der Waals surface area contributed by atoms with E-state index in [-0.39, 0.29) is 36.2 Å². The van der Waals surface area contributed by atoms with Gasteiger partial charge in [0.05, 0.1) is 6.61 Å². The van der Waals surface area contributed by atoms with Gasteiger partial charge < -0.3 is 10.4 Å². The second-order valence-electron chi connectivity index (χ2n) is 5.99. The third kappa shape index (κ3) is 4.14. The van der Waals surface area contributed by atoms with E-state index in [9.17, 15) is 14.3 Å². The highest BCUT2D eigenvalue weighted by atomic mass is 19.1. The van der Waals surface area contributed by atoms with E-state index in [1.165, 1.54) is 12.1 Å². The summed E-state index contributed by atoms with van der Waals surface area (Å²) in [6, 6.07) is 6.28. The molecule has 1 aliphatic rings. The van der Waals surface area contributed by atoms with E-state index in [4.69, 9.17) is 0 Å². The first-order valence-corrected chi connectivity index (χ1v) is 7.36. The van der Waals surface area contributed by atoms with Gasteiger partial charge in [-0.05, 0) is 30.5 Å². The van der Waals surface area contributed by atoms with Gasteiger partial charge in [0, 0.05) is 17.9 Å². The van der Waals surface area contributed by atoms with Crippen LogP contribution in [0.25, 0.3) is 6.08 Å². The van der Waals surface area contributed by atoms with E-state index in [1.54, 1.807) is 24.3 Å². The fourth-order valence-corrected chi connectivity index (χ4v) is 2.83. The molecule has 2 N–H and O–H groups in total. The van der Waals surface area contributed by atoms with Crippen LogP contribution in [0, 0.1) is 11.2 Å². The average molecular weight is 291 g/mol. The number of nitrogens with one attached hydrogen (secondary N) is 1.